The average molecular weight is 454 g/mol. The van der Waals surface area contributed by atoms with E-state index in [4.69, 9.17) is 4.74 Å². The Bertz CT molecular complexity index is 1230. The molecule has 1 aliphatic heterocycles. The van der Waals surface area contributed by atoms with Crippen molar-refractivity contribution < 1.29 is 17.9 Å². The first-order valence-corrected chi connectivity index (χ1v) is 11.9. The highest BCUT2D eigenvalue weighted by molar-refractivity contribution is 7.92. The third-order valence-electron chi connectivity index (χ3n) is 4.96. The fourth-order valence-corrected chi connectivity index (χ4v) is 4.04. The first kappa shape index (κ1) is 21.6. The van der Waals surface area contributed by atoms with Gasteiger partial charge in [-0.2, -0.15) is 0 Å². The minimum absolute atomic E-state index is 0.165. The second kappa shape index (κ2) is 8.83. The number of ether oxygens (including phenoxy) is 1. The first-order chi connectivity index (χ1) is 15.3. The number of anilines is 4. The molecule has 1 aliphatic rings. The quantitative estimate of drug-likeness (QED) is 0.564. The molecule has 0 bridgehead atoms. The standard InChI is InChI=1S/C22H23N5O4S/c1-31-22-19(26-32(2,29)30)12-17(14-24-22)25-20-10-7-16(13-23-20)15-5-8-18(9-6-15)27-11-3-4-21(27)28/h5-10,12-14,26H,3-4,11H2,1-2H3,(H,23,25). The van der Waals surface area contributed by atoms with Gasteiger partial charge in [0.05, 0.1) is 25.2 Å². The number of carbonyl (C=O) groups excluding carboxylic acids is 1. The van der Waals surface area contributed by atoms with E-state index < -0.39 is 10.0 Å². The van der Waals surface area contributed by atoms with Crippen molar-refractivity contribution in [2.45, 2.75) is 12.8 Å². The van der Waals surface area contributed by atoms with Gasteiger partial charge < -0.3 is 15.0 Å². The van der Waals surface area contributed by atoms with Crippen molar-refractivity contribution in [1.82, 2.24) is 9.97 Å². The lowest BCUT2D eigenvalue weighted by molar-refractivity contribution is -0.117. The van der Waals surface area contributed by atoms with Crippen LogP contribution in [0.1, 0.15) is 12.8 Å². The van der Waals surface area contributed by atoms with Crippen LogP contribution < -0.4 is 19.7 Å². The van der Waals surface area contributed by atoms with Crippen LogP contribution in [0.2, 0.25) is 0 Å². The number of methoxy groups -OCH3 is 1. The molecule has 1 aromatic carbocycles. The molecular weight excluding hydrogens is 430 g/mol. The zero-order chi connectivity index (χ0) is 22.7. The molecule has 0 radical (unpaired) electrons. The van der Waals surface area contributed by atoms with Gasteiger partial charge in [-0.3, -0.25) is 9.52 Å². The highest BCUT2D eigenvalue weighted by Crippen LogP contribution is 2.29. The summed E-state index contributed by atoms with van der Waals surface area (Å²) < 4.78 is 30.6. The van der Waals surface area contributed by atoms with E-state index in [1.807, 2.05) is 41.3 Å². The molecule has 166 valence electrons. The van der Waals surface area contributed by atoms with E-state index in [2.05, 4.69) is 20.0 Å². The molecule has 0 spiro atoms. The van der Waals surface area contributed by atoms with Crippen molar-refractivity contribution >= 4 is 38.8 Å². The van der Waals surface area contributed by atoms with Gasteiger partial charge >= 0.3 is 0 Å². The first-order valence-electron chi connectivity index (χ1n) is 9.98. The summed E-state index contributed by atoms with van der Waals surface area (Å²) in [5.41, 5.74) is 3.62. The number of nitrogens with zero attached hydrogens (tertiary/aromatic N) is 3. The Balaban J connectivity index is 1.48. The van der Waals surface area contributed by atoms with Gasteiger partial charge in [0.2, 0.25) is 21.8 Å². The molecule has 2 N–H and O–H groups in total. The largest absolute Gasteiger partial charge is 0.479 e. The Morgan fingerprint density at radius 2 is 1.78 bits per heavy atom. The maximum absolute atomic E-state index is 11.9. The monoisotopic (exact) mass is 453 g/mol. The Morgan fingerprint density at radius 3 is 2.38 bits per heavy atom. The number of rotatable bonds is 7. The minimum Gasteiger partial charge on any atom is -0.479 e. The van der Waals surface area contributed by atoms with Crippen molar-refractivity contribution in [2.24, 2.45) is 0 Å². The van der Waals surface area contributed by atoms with Gasteiger partial charge in [-0.15, -0.1) is 0 Å². The van der Waals surface area contributed by atoms with Gasteiger partial charge in [-0.1, -0.05) is 12.1 Å². The van der Waals surface area contributed by atoms with Crippen LogP contribution in [0.15, 0.2) is 54.9 Å². The summed E-state index contributed by atoms with van der Waals surface area (Å²) in [5.74, 6) is 0.909. The molecule has 1 saturated heterocycles. The van der Waals surface area contributed by atoms with E-state index >= 15 is 0 Å². The molecule has 2 aromatic heterocycles. The van der Waals surface area contributed by atoms with E-state index in [0.29, 0.717) is 17.9 Å². The molecule has 4 rings (SSSR count). The second-order valence-corrected chi connectivity index (χ2v) is 9.16. The maximum Gasteiger partial charge on any atom is 0.238 e. The number of hydrogen-bond donors (Lipinski definition) is 2. The van der Waals surface area contributed by atoms with Crippen LogP contribution in [0.5, 0.6) is 5.88 Å². The van der Waals surface area contributed by atoms with Gasteiger partial charge in [-0.25, -0.2) is 18.4 Å². The zero-order valence-corrected chi connectivity index (χ0v) is 18.5. The fraction of sp³-hybridized carbons (Fsp3) is 0.227. The topological polar surface area (TPSA) is 114 Å². The Kier molecular flexibility index (Phi) is 5.95. The molecule has 0 unspecified atom stereocenters. The van der Waals surface area contributed by atoms with Crippen LogP contribution in [0.25, 0.3) is 11.1 Å². The van der Waals surface area contributed by atoms with E-state index in [9.17, 15) is 13.2 Å². The SMILES string of the molecule is COc1ncc(Nc2ccc(-c3ccc(N4CCCC4=O)cc3)cn2)cc1NS(C)(=O)=O. The minimum atomic E-state index is -3.48. The van der Waals surface area contributed by atoms with E-state index in [1.165, 1.54) is 13.3 Å². The summed E-state index contributed by atoms with van der Waals surface area (Å²) >= 11 is 0. The highest BCUT2D eigenvalue weighted by Gasteiger charge is 2.21. The van der Waals surface area contributed by atoms with Crippen LogP contribution >= 0.6 is 0 Å². The number of nitrogens with one attached hydrogen (secondary N) is 2. The maximum atomic E-state index is 11.9. The van der Waals surface area contributed by atoms with E-state index in [-0.39, 0.29) is 17.5 Å². The number of carbonyl (C=O) groups is 1. The predicted molar refractivity (Wildman–Crippen MR) is 124 cm³/mol. The molecule has 1 amide bonds. The van der Waals surface area contributed by atoms with Gasteiger partial charge in [-0.05, 0) is 42.3 Å². The van der Waals surface area contributed by atoms with E-state index in [0.717, 1.165) is 36.0 Å². The predicted octanol–water partition coefficient (Wildman–Crippen LogP) is 3.39. The van der Waals surface area contributed by atoms with Crippen LogP contribution in [0.4, 0.5) is 22.9 Å². The number of sulfonamides is 1. The van der Waals surface area contributed by atoms with Crippen molar-refractivity contribution in [1.29, 1.82) is 0 Å². The van der Waals surface area contributed by atoms with Gasteiger partial charge in [0, 0.05) is 30.4 Å². The van der Waals surface area contributed by atoms with Crippen molar-refractivity contribution in [3.05, 3.63) is 54.9 Å². The van der Waals surface area contributed by atoms with E-state index in [1.54, 1.807) is 12.3 Å². The third-order valence-corrected chi connectivity index (χ3v) is 5.55. The molecule has 0 atom stereocenters. The van der Waals surface area contributed by atoms with Crippen molar-refractivity contribution in [3.63, 3.8) is 0 Å². The summed E-state index contributed by atoms with van der Waals surface area (Å²) in [6.45, 7) is 0.766. The van der Waals surface area contributed by atoms with Crippen LogP contribution in [0, 0.1) is 0 Å². The summed E-state index contributed by atoms with van der Waals surface area (Å²) in [7, 11) is -2.07. The molecule has 10 heteroatoms. The van der Waals surface area contributed by atoms with Crippen molar-refractivity contribution in [3.8, 4) is 17.0 Å². The zero-order valence-electron chi connectivity index (χ0n) is 17.7. The summed E-state index contributed by atoms with van der Waals surface area (Å²) in [6.07, 6.45) is 5.83. The average Bonchev–Trinajstić information content (AvgIpc) is 3.19. The molecular formula is C22H23N5O4S. The number of pyridine rings is 2. The fourth-order valence-electron chi connectivity index (χ4n) is 3.50. The van der Waals surface area contributed by atoms with Crippen LogP contribution in [-0.2, 0) is 14.8 Å². The van der Waals surface area contributed by atoms with Gasteiger partial charge in [0.15, 0.2) is 0 Å². The molecule has 0 aliphatic carbocycles. The number of hydrogen-bond acceptors (Lipinski definition) is 7. The smallest absolute Gasteiger partial charge is 0.238 e. The molecule has 32 heavy (non-hydrogen) atoms. The summed E-state index contributed by atoms with van der Waals surface area (Å²) in [5, 5.41) is 3.10. The third kappa shape index (κ3) is 4.97. The number of amides is 1. The molecule has 0 saturated carbocycles. The Hall–Kier alpha value is -3.66. The number of benzene rings is 1. The molecule has 3 aromatic rings. The van der Waals surface area contributed by atoms with Crippen LogP contribution in [0.3, 0.4) is 0 Å². The lowest BCUT2D eigenvalue weighted by Crippen LogP contribution is -2.23. The number of aromatic nitrogens is 2. The summed E-state index contributed by atoms with van der Waals surface area (Å²) in [6, 6.07) is 13.2. The van der Waals surface area contributed by atoms with Crippen molar-refractivity contribution in [2.75, 3.05) is 34.8 Å². The Morgan fingerprint density at radius 1 is 1.03 bits per heavy atom. The lowest BCUT2D eigenvalue weighted by atomic mass is 10.1. The lowest BCUT2D eigenvalue weighted by Gasteiger charge is -2.16. The van der Waals surface area contributed by atoms with Crippen LogP contribution in [-0.4, -0.2) is 44.2 Å². The molecule has 3 heterocycles. The molecule has 9 nitrogen and oxygen atoms in total. The Labute approximate surface area is 186 Å². The van der Waals surface area contributed by atoms with Gasteiger partial charge in [0.25, 0.3) is 0 Å². The highest BCUT2D eigenvalue weighted by atomic mass is 32.2. The summed E-state index contributed by atoms with van der Waals surface area (Å²) in [4.78, 5) is 22.3. The van der Waals surface area contributed by atoms with Gasteiger partial charge in [0.1, 0.15) is 11.5 Å². The molecule has 1 fully saturated rings. The second-order valence-electron chi connectivity index (χ2n) is 7.41. The normalized spacial score (nSPS) is 13.8.